The van der Waals surface area contributed by atoms with E-state index in [4.69, 9.17) is 5.73 Å². The molecule has 0 amide bonds. The van der Waals surface area contributed by atoms with Crippen LogP contribution in [0.2, 0.25) is 0 Å². The van der Waals surface area contributed by atoms with Crippen LogP contribution in [-0.4, -0.2) is 30.1 Å². The molecule has 0 radical (unpaired) electrons. The summed E-state index contributed by atoms with van der Waals surface area (Å²) in [6.45, 7) is 12.7. The summed E-state index contributed by atoms with van der Waals surface area (Å²) < 4.78 is 0. The number of piperidine rings is 1. The largest absolute Gasteiger partial charge is 0.324 e. The standard InChI is InChI=1S/C14H30N2/c1-5-14(15,6-2)11-16-9-7-13(8-10-16)12(3)4/h12-13H,5-11,15H2,1-4H3. The first-order chi connectivity index (χ1) is 7.50. The summed E-state index contributed by atoms with van der Waals surface area (Å²) in [4.78, 5) is 2.58. The van der Waals surface area contributed by atoms with Gasteiger partial charge in [-0.2, -0.15) is 0 Å². The molecular formula is C14H30N2. The van der Waals surface area contributed by atoms with Crippen molar-refractivity contribution >= 4 is 0 Å². The van der Waals surface area contributed by atoms with Crippen molar-refractivity contribution in [3.05, 3.63) is 0 Å². The molecule has 0 aromatic rings. The third-order valence-corrected chi connectivity index (χ3v) is 4.52. The number of rotatable bonds is 5. The van der Waals surface area contributed by atoms with Gasteiger partial charge in [-0.1, -0.05) is 27.7 Å². The van der Waals surface area contributed by atoms with E-state index in [1.54, 1.807) is 0 Å². The highest BCUT2D eigenvalue weighted by atomic mass is 15.1. The van der Waals surface area contributed by atoms with Crippen molar-refractivity contribution in [3.8, 4) is 0 Å². The third-order valence-electron chi connectivity index (χ3n) is 4.52. The maximum Gasteiger partial charge on any atom is 0.0278 e. The Hall–Kier alpha value is -0.0800. The molecule has 2 nitrogen and oxygen atoms in total. The summed E-state index contributed by atoms with van der Waals surface area (Å²) in [7, 11) is 0. The number of hydrogen-bond donors (Lipinski definition) is 1. The highest BCUT2D eigenvalue weighted by Gasteiger charge is 2.27. The molecule has 1 heterocycles. The molecule has 2 heteroatoms. The second kappa shape index (κ2) is 6.02. The molecule has 0 atom stereocenters. The fraction of sp³-hybridized carbons (Fsp3) is 1.00. The van der Waals surface area contributed by atoms with Crippen molar-refractivity contribution in [1.82, 2.24) is 4.90 Å². The monoisotopic (exact) mass is 226 g/mol. The molecule has 0 saturated carbocycles. The van der Waals surface area contributed by atoms with Gasteiger partial charge >= 0.3 is 0 Å². The zero-order valence-electron chi connectivity index (χ0n) is 11.6. The fourth-order valence-electron chi connectivity index (χ4n) is 2.70. The minimum atomic E-state index is 0.0463. The van der Waals surface area contributed by atoms with Gasteiger partial charge in [-0.3, -0.25) is 0 Å². The molecule has 1 saturated heterocycles. The summed E-state index contributed by atoms with van der Waals surface area (Å²) >= 11 is 0. The fourth-order valence-corrected chi connectivity index (χ4v) is 2.70. The average molecular weight is 226 g/mol. The summed E-state index contributed by atoms with van der Waals surface area (Å²) in [5.74, 6) is 1.79. The SMILES string of the molecule is CCC(N)(CC)CN1CCC(C(C)C)CC1. The van der Waals surface area contributed by atoms with Crippen LogP contribution in [0.4, 0.5) is 0 Å². The van der Waals surface area contributed by atoms with Gasteiger partial charge in [0.2, 0.25) is 0 Å². The smallest absolute Gasteiger partial charge is 0.0278 e. The van der Waals surface area contributed by atoms with Gasteiger partial charge in [0.25, 0.3) is 0 Å². The molecule has 0 bridgehead atoms. The lowest BCUT2D eigenvalue weighted by atomic mass is 9.85. The molecule has 0 spiro atoms. The van der Waals surface area contributed by atoms with Crippen LogP contribution in [0, 0.1) is 11.8 Å². The normalized spacial score (nSPS) is 20.6. The van der Waals surface area contributed by atoms with Crippen molar-refractivity contribution in [1.29, 1.82) is 0 Å². The van der Waals surface area contributed by atoms with Crippen molar-refractivity contribution < 1.29 is 0 Å². The molecule has 96 valence electrons. The van der Waals surface area contributed by atoms with Crippen LogP contribution in [0.3, 0.4) is 0 Å². The van der Waals surface area contributed by atoms with Gasteiger partial charge in [-0.25, -0.2) is 0 Å². The van der Waals surface area contributed by atoms with E-state index in [2.05, 4.69) is 32.6 Å². The minimum absolute atomic E-state index is 0.0463. The molecule has 16 heavy (non-hydrogen) atoms. The van der Waals surface area contributed by atoms with Crippen molar-refractivity contribution in [2.24, 2.45) is 17.6 Å². The maximum atomic E-state index is 6.38. The molecule has 1 aliphatic heterocycles. The predicted molar refractivity (Wildman–Crippen MR) is 71.5 cm³/mol. The maximum absolute atomic E-state index is 6.38. The van der Waals surface area contributed by atoms with E-state index >= 15 is 0 Å². The van der Waals surface area contributed by atoms with E-state index in [9.17, 15) is 0 Å². The van der Waals surface area contributed by atoms with Crippen molar-refractivity contribution in [3.63, 3.8) is 0 Å². The number of likely N-dealkylation sites (tertiary alicyclic amines) is 1. The first kappa shape index (κ1) is 14.0. The van der Waals surface area contributed by atoms with Gasteiger partial charge in [0, 0.05) is 12.1 Å². The van der Waals surface area contributed by atoms with Crippen LogP contribution in [0.15, 0.2) is 0 Å². The summed E-state index contributed by atoms with van der Waals surface area (Å²) in [5.41, 5.74) is 6.43. The number of nitrogens with zero attached hydrogens (tertiary/aromatic N) is 1. The van der Waals surface area contributed by atoms with Crippen LogP contribution in [0.1, 0.15) is 53.4 Å². The quantitative estimate of drug-likeness (QED) is 0.781. The van der Waals surface area contributed by atoms with Gasteiger partial charge in [0.15, 0.2) is 0 Å². The molecule has 1 fully saturated rings. The van der Waals surface area contributed by atoms with E-state index < -0.39 is 0 Å². The second-order valence-electron chi connectivity index (χ2n) is 5.93. The molecule has 0 unspecified atom stereocenters. The Labute approximate surface area is 102 Å². The second-order valence-corrected chi connectivity index (χ2v) is 5.93. The Bertz CT molecular complexity index is 189. The van der Waals surface area contributed by atoms with Crippen molar-refractivity contribution in [2.45, 2.75) is 58.9 Å². The Morgan fingerprint density at radius 2 is 1.69 bits per heavy atom. The van der Waals surface area contributed by atoms with E-state index in [-0.39, 0.29) is 5.54 Å². The molecule has 1 rings (SSSR count). The van der Waals surface area contributed by atoms with E-state index in [1.807, 2.05) is 0 Å². The third kappa shape index (κ3) is 3.74. The van der Waals surface area contributed by atoms with Crippen LogP contribution >= 0.6 is 0 Å². The Balaban J connectivity index is 2.37. The Morgan fingerprint density at radius 1 is 1.19 bits per heavy atom. The number of hydrogen-bond acceptors (Lipinski definition) is 2. The van der Waals surface area contributed by atoms with Gasteiger partial charge in [0.05, 0.1) is 0 Å². The molecule has 0 aromatic heterocycles. The molecule has 2 N–H and O–H groups in total. The lowest BCUT2D eigenvalue weighted by Gasteiger charge is -2.39. The molecular weight excluding hydrogens is 196 g/mol. The average Bonchev–Trinajstić information content (AvgIpc) is 2.29. The zero-order valence-corrected chi connectivity index (χ0v) is 11.6. The van der Waals surface area contributed by atoms with E-state index in [0.717, 1.165) is 31.2 Å². The highest BCUT2D eigenvalue weighted by Crippen LogP contribution is 2.25. The van der Waals surface area contributed by atoms with Gasteiger partial charge in [-0.15, -0.1) is 0 Å². The highest BCUT2D eigenvalue weighted by molar-refractivity contribution is 4.86. The zero-order chi connectivity index (χ0) is 12.2. The first-order valence-electron chi connectivity index (χ1n) is 7.02. The van der Waals surface area contributed by atoms with E-state index in [1.165, 1.54) is 25.9 Å². The van der Waals surface area contributed by atoms with Crippen LogP contribution in [0.5, 0.6) is 0 Å². The summed E-state index contributed by atoms with van der Waals surface area (Å²) in [6, 6.07) is 0. The van der Waals surface area contributed by atoms with Gasteiger partial charge in [-0.05, 0) is 50.6 Å². The van der Waals surface area contributed by atoms with Crippen LogP contribution in [0.25, 0.3) is 0 Å². The summed E-state index contributed by atoms with van der Waals surface area (Å²) in [5, 5.41) is 0. The van der Waals surface area contributed by atoms with Crippen LogP contribution < -0.4 is 5.73 Å². The van der Waals surface area contributed by atoms with Crippen molar-refractivity contribution in [2.75, 3.05) is 19.6 Å². The summed E-state index contributed by atoms with van der Waals surface area (Å²) in [6.07, 6.45) is 4.91. The first-order valence-corrected chi connectivity index (χ1v) is 7.02. The lowest BCUT2D eigenvalue weighted by Crippen LogP contribution is -2.51. The van der Waals surface area contributed by atoms with Gasteiger partial charge in [0.1, 0.15) is 0 Å². The predicted octanol–water partition coefficient (Wildman–Crippen LogP) is 2.87. The molecule has 1 aliphatic rings. The van der Waals surface area contributed by atoms with E-state index in [0.29, 0.717) is 0 Å². The lowest BCUT2D eigenvalue weighted by molar-refractivity contribution is 0.126. The molecule has 0 aromatic carbocycles. The number of nitrogens with two attached hydrogens (primary N) is 1. The molecule has 0 aliphatic carbocycles. The minimum Gasteiger partial charge on any atom is -0.324 e. The van der Waals surface area contributed by atoms with Crippen LogP contribution in [-0.2, 0) is 0 Å². The topological polar surface area (TPSA) is 29.3 Å². The Morgan fingerprint density at radius 3 is 2.06 bits per heavy atom. The Kier molecular flexibility index (Phi) is 5.26. The van der Waals surface area contributed by atoms with Gasteiger partial charge < -0.3 is 10.6 Å².